The molecule has 1 amide bonds. The average molecular weight is 287 g/mol. The number of hydrogen-bond acceptors (Lipinski definition) is 3. The molecule has 0 unspecified atom stereocenters. The molecule has 2 aromatic rings. The maximum Gasteiger partial charge on any atom is 0.253 e. The van der Waals surface area contributed by atoms with Crippen LogP contribution in [0.15, 0.2) is 53.4 Å². The van der Waals surface area contributed by atoms with Crippen LogP contribution in [0.25, 0.3) is 0 Å². The summed E-state index contributed by atoms with van der Waals surface area (Å²) >= 11 is 4.26. The molecule has 0 fully saturated rings. The molecular weight excluding hydrogens is 270 g/mol. The maximum atomic E-state index is 12.4. The van der Waals surface area contributed by atoms with Crippen molar-refractivity contribution in [1.82, 2.24) is 4.90 Å². The largest absolute Gasteiger partial charge is 0.496 e. The van der Waals surface area contributed by atoms with E-state index in [1.807, 2.05) is 36.4 Å². The molecule has 0 aromatic heterocycles. The smallest absolute Gasteiger partial charge is 0.253 e. The molecule has 0 heterocycles. The molecule has 4 heteroatoms. The van der Waals surface area contributed by atoms with Crippen LogP contribution in [0.5, 0.6) is 5.75 Å². The Morgan fingerprint density at radius 3 is 2.65 bits per heavy atom. The van der Waals surface area contributed by atoms with Crippen LogP contribution in [0.2, 0.25) is 0 Å². The van der Waals surface area contributed by atoms with E-state index in [0.29, 0.717) is 12.1 Å². The van der Waals surface area contributed by atoms with E-state index in [-0.39, 0.29) is 5.91 Å². The highest BCUT2D eigenvalue weighted by Crippen LogP contribution is 2.20. The van der Waals surface area contributed by atoms with Crippen LogP contribution in [0.4, 0.5) is 0 Å². The summed E-state index contributed by atoms with van der Waals surface area (Å²) in [5.41, 5.74) is 1.61. The summed E-state index contributed by atoms with van der Waals surface area (Å²) in [5, 5.41) is 0. The zero-order chi connectivity index (χ0) is 14.5. The van der Waals surface area contributed by atoms with Gasteiger partial charge in [-0.1, -0.05) is 24.3 Å². The summed E-state index contributed by atoms with van der Waals surface area (Å²) in [6.45, 7) is 0.500. The predicted octanol–water partition coefficient (Wildman–Crippen LogP) is 3.26. The summed E-state index contributed by atoms with van der Waals surface area (Å²) in [6.07, 6.45) is 0. The number of ether oxygens (including phenoxy) is 1. The van der Waals surface area contributed by atoms with Gasteiger partial charge in [-0.15, -0.1) is 12.6 Å². The summed E-state index contributed by atoms with van der Waals surface area (Å²) in [7, 11) is 3.41. The van der Waals surface area contributed by atoms with Crippen molar-refractivity contribution in [3.63, 3.8) is 0 Å². The highest BCUT2D eigenvalue weighted by Gasteiger charge is 2.13. The zero-order valence-electron chi connectivity index (χ0n) is 11.5. The van der Waals surface area contributed by atoms with Crippen molar-refractivity contribution in [3.05, 3.63) is 59.7 Å². The third-order valence-corrected chi connectivity index (χ3v) is 3.32. The Labute approximate surface area is 124 Å². The molecule has 0 saturated carbocycles. The first kappa shape index (κ1) is 14.5. The van der Waals surface area contributed by atoms with Gasteiger partial charge >= 0.3 is 0 Å². The Balaban J connectivity index is 2.15. The van der Waals surface area contributed by atoms with E-state index in [1.165, 1.54) is 0 Å². The van der Waals surface area contributed by atoms with Crippen molar-refractivity contribution < 1.29 is 9.53 Å². The molecule has 0 saturated heterocycles. The highest BCUT2D eigenvalue weighted by atomic mass is 32.1. The molecule has 3 nitrogen and oxygen atoms in total. The number of para-hydroxylation sites is 1. The number of carbonyl (C=O) groups is 1. The van der Waals surface area contributed by atoms with Crippen LogP contribution in [-0.2, 0) is 6.54 Å². The normalized spacial score (nSPS) is 10.2. The second kappa shape index (κ2) is 6.48. The Hall–Kier alpha value is -1.94. The van der Waals surface area contributed by atoms with Gasteiger partial charge in [0.15, 0.2) is 0 Å². The van der Waals surface area contributed by atoms with Crippen LogP contribution in [0.1, 0.15) is 15.9 Å². The molecular formula is C16H17NO2S. The predicted molar refractivity (Wildman–Crippen MR) is 82.5 cm³/mol. The first-order valence-corrected chi connectivity index (χ1v) is 6.73. The minimum Gasteiger partial charge on any atom is -0.496 e. The number of amides is 1. The van der Waals surface area contributed by atoms with Crippen molar-refractivity contribution >= 4 is 18.5 Å². The van der Waals surface area contributed by atoms with Gasteiger partial charge in [0.05, 0.1) is 7.11 Å². The molecule has 20 heavy (non-hydrogen) atoms. The molecule has 0 N–H and O–H groups in total. The third kappa shape index (κ3) is 3.33. The quantitative estimate of drug-likeness (QED) is 0.875. The number of methoxy groups -OCH3 is 1. The van der Waals surface area contributed by atoms with Gasteiger partial charge in [-0.05, 0) is 24.3 Å². The Morgan fingerprint density at radius 2 is 1.95 bits per heavy atom. The molecule has 0 radical (unpaired) electrons. The number of carbonyl (C=O) groups excluding carboxylic acids is 1. The lowest BCUT2D eigenvalue weighted by atomic mass is 10.1. The van der Waals surface area contributed by atoms with E-state index < -0.39 is 0 Å². The van der Waals surface area contributed by atoms with Crippen LogP contribution >= 0.6 is 12.6 Å². The SMILES string of the molecule is COc1ccccc1CN(C)C(=O)c1cccc(S)c1. The van der Waals surface area contributed by atoms with E-state index in [0.717, 1.165) is 16.2 Å². The highest BCUT2D eigenvalue weighted by molar-refractivity contribution is 7.80. The molecule has 2 aromatic carbocycles. The van der Waals surface area contributed by atoms with Crippen molar-refractivity contribution in [2.24, 2.45) is 0 Å². The Morgan fingerprint density at radius 1 is 1.20 bits per heavy atom. The van der Waals surface area contributed by atoms with Crippen molar-refractivity contribution in [2.45, 2.75) is 11.4 Å². The van der Waals surface area contributed by atoms with Gasteiger partial charge in [0.25, 0.3) is 5.91 Å². The number of benzene rings is 2. The van der Waals surface area contributed by atoms with Gasteiger partial charge in [-0.25, -0.2) is 0 Å². The van der Waals surface area contributed by atoms with Crippen molar-refractivity contribution in [3.8, 4) is 5.75 Å². The Kier molecular flexibility index (Phi) is 4.69. The fraction of sp³-hybridized carbons (Fsp3) is 0.188. The first-order valence-electron chi connectivity index (χ1n) is 6.28. The van der Waals surface area contributed by atoms with E-state index in [1.54, 1.807) is 31.2 Å². The molecule has 0 aliphatic heterocycles. The van der Waals surface area contributed by atoms with E-state index in [4.69, 9.17) is 4.74 Å². The molecule has 0 aliphatic carbocycles. The summed E-state index contributed by atoms with van der Waals surface area (Å²) in [5.74, 6) is 0.752. The third-order valence-electron chi connectivity index (χ3n) is 3.04. The van der Waals surface area contributed by atoms with Crippen LogP contribution < -0.4 is 4.74 Å². The van der Waals surface area contributed by atoms with Gasteiger partial charge in [-0.3, -0.25) is 4.79 Å². The van der Waals surface area contributed by atoms with E-state index in [9.17, 15) is 4.79 Å². The minimum absolute atomic E-state index is 0.0354. The lowest BCUT2D eigenvalue weighted by Gasteiger charge is -2.19. The number of rotatable bonds is 4. The molecule has 0 aliphatic rings. The van der Waals surface area contributed by atoms with Crippen LogP contribution in [0.3, 0.4) is 0 Å². The number of nitrogens with zero attached hydrogens (tertiary/aromatic N) is 1. The van der Waals surface area contributed by atoms with Gasteiger partial charge in [0.1, 0.15) is 5.75 Å². The summed E-state index contributed by atoms with van der Waals surface area (Å²) in [4.78, 5) is 14.8. The fourth-order valence-corrected chi connectivity index (χ4v) is 2.25. The topological polar surface area (TPSA) is 29.5 Å². The first-order chi connectivity index (χ1) is 9.61. The average Bonchev–Trinajstić information content (AvgIpc) is 2.47. The van der Waals surface area contributed by atoms with Crippen molar-refractivity contribution in [1.29, 1.82) is 0 Å². The summed E-state index contributed by atoms with van der Waals surface area (Å²) in [6, 6.07) is 14.9. The van der Waals surface area contributed by atoms with Gasteiger partial charge in [0, 0.05) is 29.6 Å². The monoisotopic (exact) mass is 287 g/mol. The molecule has 104 valence electrons. The number of thiol groups is 1. The minimum atomic E-state index is -0.0354. The van der Waals surface area contributed by atoms with Gasteiger partial charge < -0.3 is 9.64 Å². The van der Waals surface area contributed by atoms with Crippen LogP contribution in [-0.4, -0.2) is 25.0 Å². The standard InChI is InChI=1S/C16H17NO2S/c1-17(11-13-6-3-4-9-15(13)19-2)16(18)12-7-5-8-14(20)10-12/h3-10,20H,11H2,1-2H3. The number of hydrogen-bond donors (Lipinski definition) is 1. The Bertz CT molecular complexity index is 613. The lowest BCUT2D eigenvalue weighted by Crippen LogP contribution is -2.26. The second-order valence-electron chi connectivity index (χ2n) is 4.52. The van der Waals surface area contributed by atoms with Crippen LogP contribution in [0, 0.1) is 0 Å². The van der Waals surface area contributed by atoms with E-state index >= 15 is 0 Å². The fourth-order valence-electron chi connectivity index (χ4n) is 2.02. The molecule has 0 spiro atoms. The molecule has 0 atom stereocenters. The molecule has 2 rings (SSSR count). The lowest BCUT2D eigenvalue weighted by molar-refractivity contribution is 0.0784. The van der Waals surface area contributed by atoms with Gasteiger partial charge in [0.2, 0.25) is 0 Å². The maximum absolute atomic E-state index is 12.4. The zero-order valence-corrected chi connectivity index (χ0v) is 12.4. The van der Waals surface area contributed by atoms with Gasteiger partial charge in [-0.2, -0.15) is 0 Å². The second-order valence-corrected chi connectivity index (χ2v) is 5.04. The summed E-state index contributed by atoms with van der Waals surface area (Å²) < 4.78 is 5.30. The van der Waals surface area contributed by atoms with E-state index in [2.05, 4.69) is 12.6 Å². The molecule has 0 bridgehead atoms. The van der Waals surface area contributed by atoms with Crippen molar-refractivity contribution in [2.75, 3.05) is 14.2 Å².